The molecule has 0 aliphatic carbocycles. The van der Waals surface area contributed by atoms with Gasteiger partial charge in [-0.3, -0.25) is 0 Å². The fourth-order valence-electron chi connectivity index (χ4n) is 2.09. The number of aliphatic hydroxyl groups is 2. The SMILES string of the molecule is CCC(CC(O)CO)c1c(C)cccc1O. The first kappa shape index (κ1) is 13.0. The number of phenols is 1. The molecule has 0 heterocycles. The van der Waals surface area contributed by atoms with Gasteiger partial charge in [0.15, 0.2) is 0 Å². The van der Waals surface area contributed by atoms with Gasteiger partial charge in [0.2, 0.25) is 0 Å². The Kier molecular flexibility index (Phi) is 4.77. The van der Waals surface area contributed by atoms with Crippen molar-refractivity contribution in [2.75, 3.05) is 6.61 Å². The van der Waals surface area contributed by atoms with Crippen LogP contribution >= 0.6 is 0 Å². The van der Waals surface area contributed by atoms with Gasteiger partial charge >= 0.3 is 0 Å². The van der Waals surface area contributed by atoms with Gasteiger partial charge in [0.25, 0.3) is 0 Å². The van der Waals surface area contributed by atoms with E-state index in [4.69, 9.17) is 5.11 Å². The second-order valence-corrected chi connectivity index (χ2v) is 4.18. The van der Waals surface area contributed by atoms with Crippen molar-refractivity contribution in [2.45, 2.75) is 38.7 Å². The molecule has 0 amide bonds. The van der Waals surface area contributed by atoms with Gasteiger partial charge in [-0.1, -0.05) is 19.1 Å². The number of aryl methyl sites for hydroxylation is 1. The van der Waals surface area contributed by atoms with Crippen LogP contribution in [0.4, 0.5) is 0 Å². The molecule has 1 rings (SSSR count). The number of benzene rings is 1. The van der Waals surface area contributed by atoms with Crippen molar-refractivity contribution >= 4 is 0 Å². The molecule has 0 aromatic heterocycles. The molecule has 0 spiro atoms. The van der Waals surface area contributed by atoms with Gasteiger partial charge < -0.3 is 15.3 Å². The largest absolute Gasteiger partial charge is 0.508 e. The summed E-state index contributed by atoms with van der Waals surface area (Å²) in [5, 5.41) is 28.2. The highest BCUT2D eigenvalue weighted by atomic mass is 16.3. The third kappa shape index (κ3) is 2.97. The number of aliphatic hydroxyl groups excluding tert-OH is 2. The summed E-state index contributed by atoms with van der Waals surface area (Å²) in [4.78, 5) is 0. The summed E-state index contributed by atoms with van der Waals surface area (Å²) in [6.45, 7) is 3.73. The van der Waals surface area contributed by atoms with E-state index in [9.17, 15) is 10.2 Å². The van der Waals surface area contributed by atoms with E-state index in [1.54, 1.807) is 6.07 Å². The van der Waals surface area contributed by atoms with Crippen LogP contribution in [0.15, 0.2) is 18.2 Å². The molecule has 3 nitrogen and oxygen atoms in total. The summed E-state index contributed by atoms with van der Waals surface area (Å²) in [7, 11) is 0. The Labute approximate surface area is 96.4 Å². The van der Waals surface area contributed by atoms with E-state index < -0.39 is 6.10 Å². The van der Waals surface area contributed by atoms with Crippen molar-refractivity contribution in [3.8, 4) is 5.75 Å². The summed E-state index contributed by atoms with van der Waals surface area (Å²) in [6, 6.07) is 5.42. The van der Waals surface area contributed by atoms with Gasteiger partial charge in [-0.15, -0.1) is 0 Å². The van der Waals surface area contributed by atoms with Crippen LogP contribution in [-0.2, 0) is 0 Å². The first-order valence-corrected chi connectivity index (χ1v) is 5.67. The summed E-state index contributed by atoms with van der Waals surface area (Å²) >= 11 is 0. The van der Waals surface area contributed by atoms with Gasteiger partial charge in [-0.25, -0.2) is 0 Å². The van der Waals surface area contributed by atoms with Crippen molar-refractivity contribution in [1.82, 2.24) is 0 Å². The van der Waals surface area contributed by atoms with Crippen LogP contribution in [0, 0.1) is 6.92 Å². The van der Waals surface area contributed by atoms with E-state index in [0.29, 0.717) is 6.42 Å². The second-order valence-electron chi connectivity index (χ2n) is 4.18. The average Bonchev–Trinajstić information content (AvgIpc) is 2.27. The lowest BCUT2D eigenvalue weighted by atomic mass is 9.87. The molecule has 0 aliphatic rings. The average molecular weight is 224 g/mol. The molecule has 16 heavy (non-hydrogen) atoms. The van der Waals surface area contributed by atoms with Crippen molar-refractivity contribution in [1.29, 1.82) is 0 Å². The molecule has 0 saturated carbocycles. The van der Waals surface area contributed by atoms with Crippen LogP contribution in [-0.4, -0.2) is 28.0 Å². The van der Waals surface area contributed by atoms with E-state index in [1.165, 1.54) is 0 Å². The number of rotatable bonds is 5. The first-order chi connectivity index (χ1) is 7.60. The zero-order chi connectivity index (χ0) is 12.1. The van der Waals surface area contributed by atoms with E-state index in [2.05, 4.69) is 0 Å². The van der Waals surface area contributed by atoms with Crippen molar-refractivity contribution in [2.24, 2.45) is 0 Å². The third-order valence-corrected chi connectivity index (χ3v) is 2.97. The van der Waals surface area contributed by atoms with E-state index in [1.807, 2.05) is 26.0 Å². The molecule has 2 unspecified atom stereocenters. The summed E-state index contributed by atoms with van der Waals surface area (Å²) in [6.07, 6.45) is 0.588. The molecular formula is C13H20O3. The molecule has 3 heteroatoms. The van der Waals surface area contributed by atoms with Gasteiger partial charge in [0.05, 0.1) is 12.7 Å². The summed E-state index contributed by atoms with van der Waals surface area (Å²) < 4.78 is 0. The third-order valence-electron chi connectivity index (χ3n) is 2.97. The Morgan fingerprint density at radius 3 is 2.50 bits per heavy atom. The van der Waals surface area contributed by atoms with Crippen LogP contribution in [0.3, 0.4) is 0 Å². The Hall–Kier alpha value is -1.06. The Morgan fingerprint density at radius 1 is 1.31 bits per heavy atom. The Morgan fingerprint density at radius 2 is 2.00 bits per heavy atom. The number of phenolic OH excluding ortho intramolecular Hbond substituents is 1. The lowest BCUT2D eigenvalue weighted by Crippen LogP contribution is -2.16. The maximum absolute atomic E-state index is 9.83. The normalized spacial score (nSPS) is 14.8. The van der Waals surface area contributed by atoms with Crippen molar-refractivity contribution < 1.29 is 15.3 Å². The van der Waals surface area contributed by atoms with E-state index >= 15 is 0 Å². The molecule has 1 aromatic rings. The highest BCUT2D eigenvalue weighted by Crippen LogP contribution is 2.34. The summed E-state index contributed by atoms with van der Waals surface area (Å²) in [5.41, 5.74) is 1.91. The molecule has 0 aliphatic heterocycles. The standard InChI is InChI=1S/C13H20O3/c1-3-10(7-11(15)8-14)13-9(2)5-4-6-12(13)16/h4-6,10-11,14-16H,3,7-8H2,1-2H3. The molecule has 0 bridgehead atoms. The number of hydrogen-bond acceptors (Lipinski definition) is 3. The molecule has 1 aromatic carbocycles. The molecule has 0 radical (unpaired) electrons. The molecule has 3 N–H and O–H groups in total. The second kappa shape index (κ2) is 5.87. The van der Waals surface area contributed by atoms with Crippen molar-refractivity contribution in [3.05, 3.63) is 29.3 Å². The molecule has 90 valence electrons. The zero-order valence-electron chi connectivity index (χ0n) is 9.85. The van der Waals surface area contributed by atoms with Gasteiger partial charge in [-0.2, -0.15) is 0 Å². The lowest BCUT2D eigenvalue weighted by Gasteiger charge is -2.21. The number of aromatic hydroxyl groups is 1. The van der Waals surface area contributed by atoms with Gasteiger partial charge in [0, 0.05) is 0 Å². The molecular weight excluding hydrogens is 204 g/mol. The summed E-state index contributed by atoms with van der Waals surface area (Å²) in [5.74, 6) is 0.361. The van der Waals surface area contributed by atoms with Crippen LogP contribution in [0.25, 0.3) is 0 Å². The van der Waals surface area contributed by atoms with Crippen molar-refractivity contribution in [3.63, 3.8) is 0 Å². The van der Waals surface area contributed by atoms with Crippen LogP contribution in [0.5, 0.6) is 5.75 Å². The van der Waals surface area contributed by atoms with Gasteiger partial charge in [0.1, 0.15) is 5.75 Å². The molecule has 2 atom stereocenters. The maximum Gasteiger partial charge on any atom is 0.119 e. The van der Waals surface area contributed by atoms with Crippen LogP contribution in [0.2, 0.25) is 0 Å². The molecule has 0 saturated heterocycles. The van der Waals surface area contributed by atoms with Gasteiger partial charge in [-0.05, 0) is 42.9 Å². The minimum atomic E-state index is -0.719. The molecule has 0 fully saturated rings. The number of hydrogen-bond donors (Lipinski definition) is 3. The Bertz CT molecular complexity index is 316. The van der Waals surface area contributed by atoms with E-state index in [0.717, 1.165) is 17.5 Å². The predicted molar refractivity (Wildman–Crippen MR) is 63.6 cm³/mol. The van der Waals surface area contributed by atoms with Crippen LogP contribution < -0.4 is 0 Å². The Balaban J connectivity index is 2.94. The van der Waals surface area contributed by atoms with Crippen LogP contribution in [0.1, 0.15) is 36.8 Å². The quantitative estimate of drug-likeness (QED) is 0.716. The fraction of sp³-hybridized carbons (Fsp3) is 0.538. The monoisotopic (exact) mass is 224 g/mol. The first-order valence-electron chi connectivity index (χ1n) is 5.67. The minimum absolute atomic E-state index is 0.0864. The van der Waals surface area contributed by atoms with E-state index in [-0.39, 0.29) is 18.3 Å². The highest BCUT2D eigenvalue weighted by Gasteiger charge is 2.19. The maximum atomic E-state index is 9.83. The minimum Gasteiger partial charge on any atom is -0.508 e. The predicted octanol–water partition coefficient (Wildman–Crippen LogP) is 1.94. The zero-order valence-corrected chi connectivity index (χ0v) is 9.85. The smallest absolute Gasteiger partial charge is 0.119 e. The fourth-order valence-corrected chi connectivity index (χ4v) is 2.09. The topological polar surface area (TPSA) is 60.7 Å². The lowest BCUT2D eigenvalue weighted by molar-refractivity contribution is 0.0815. The highest BCUT2D eigenvalue weighted by molar-refractivity contribution is 5.41.